The van der Waals surface area contributed by atoms with Crippen LogP contribution in [0, 0.1) is 6.92 Å². The van der Waals surface area contributed by atoms with Crippen LogP contribution in [-0.2, 0) is 25.9 Å². The van der Waals surface area contributed by atoms with Gasteiger partial charge in [-0.3, -0.25) is 0 Å². The van der Waals surface area contributed by atoms with E-state index in [0.29, 0.717) is 33.8 Å². The molecule has 39 heavy (non-hydrogen) atoms. The van der Waals surface area contributed by atoms with Gasteiger partial charge >= 0.3 is 0 Å². The Morgan fingerprint density at radius 2 is 2.05 bits per heavy atom. The van der Waals surface area contributed by atoms with Gasteiger partial charge in [0.05, 0.1) is 11.0 Å². The number of benzene rings is 1. The van der Waals surface area contributed by atoms with Crippen molar-refractivity contribution in [3.05, 3.63) is 57.7 Å². The molecule has 0 amide bonds. The summed E-state index contributed by atoms with van der Waals surface area (Å²) in [6, 6.07) is 8.80. The van der Waals surface area contributed by atoms with Crippen LogP contribution in [0.3, 0.4) is 0 Å². The van der Waals surface area contributed by atoms with E-state index in [-0.39, 0.29) is 40.5 Å². The van der Waals surface area contributed by atoms with E-state index >= 15 is 0 Å². The second kappa shape index (κ2) is 11.3. The fraction of sp³-hybridized carbons (Fsp3) is 0.360. The SMILES string of the molecule is CCOC(OC)N(c1onc(C)c1Cl)S(=O)(=O)c1c(C(O)CCc2ccc3c(c2)OCO3)sc2ncccc12. The van der Waals surface area contributed by atoms with E-state index in [4.69, 9.17) is 35.1 Å². The maximum absolute atomic E-state index is 14.4. The normalized spacial score (nSPS) is 14.6. The van der Waals surface area contributed by atoms with Crippen LogP contribution in [0.25, 0.3) is 10.2 Å². The van der Waals surface area contributed by atoms with E-state index in [1.165, 1.54) is 7.11 Å². The molecule has 0 spiro atoms. The van der Waals surface area contributed by atoms with Gasteiger partial charge in [0.25, 0.3) is 22.3 Å². The zero-order valence-electron chi connectivity index (χ0n) is 21.3. The van der Waals surface area contributed by atoms with Crippen molar-refractivity contribution in [3.63, 3.8) is 0 Å². The van der Waals surface area contributed by atoms with Crippen LogP contribution < -0.4 is 13.8 Å². The molecule has 11 nitrogen and oxygen atoms in total. The number of sulfonamides is 1. The maximum atomic E-state index is 14.4. The lowest BCUT2D eigenvalue weighted by Crippen LogP contribution is -2.43. The average Bonchev–Trinajstić information content (AvgIpc) is 3.64. The number of rotatable bonds is 11. The molecule has 0 aliphatic carbocycles. The van der Waals surface area contributed by atoms with Crippen molar-refractivity contribution in [2.45, 2.75) is 44.1 Å². The average molecular weight is 596 g/mol. The van der Waals surface area contributed by atoms with Crippen LogP contribution in [0.2, 0.25) is 5.02 Å². The number of aromatic nitrogens is 2. The molecule has 1 aromatic carbocycles. The highest BCUT2D eigenvalue weighted by Gasteiger charge is 2.41. The predicted molar refractivity (Wildman–Crippen MR) is 144 cm³/mol. The predicted octanol–water partition coefficient (Wildman–Crippen LogP) is 4.80. The summed E-state index contributed by atoms with van der Waals surface area (Å²) in [5, 5.41) is 15.5. The number of hydrogen-bond acceptors (Lipinski definition) is 11. The first kappa shape index (κ1) is 27.6. The van der Waals surface area contributed by atoms with Gasteiger partial charge in [-0.2, -0.15) is 4.31 Å². The van der Waals surface area contributed by atoms with Crippen molar-refractivity contribution >= 4 is 49.1 Å². The standard InChI is InChI=1S/C25H26ClN3O8S2/c1-4-34-25(33-3)29(24-20(26)14(2)28-37-24)39(31,32)22-16-6-5-11-27-23(16)38-21(22)17(30)9-7-15-8-10-18-19(12-15)36-13-35-18/h5-6,8,10-12,17,25,30H,4,7,9,13H2,1-3H3. The Labute approximate surface area is 233 Å². The molecule has 4 heterocycles. The van der Waals surface area contributed by atoms with Gasteiger partial charge in [0.15, 0.2) is 11.5 Å². The van der Waals surface area contributed by atoms with Crippen molar-refractivity contribution in [2.24, 2.45) is 0 Å². The molecule has 0 radical (unpaired) electrons. The molecule has 4 aromatic rings. The molecule has 0 saturated heterocycles. The molecule has 1 aliphatic heterocycles. The number of aliphatic hydroxyl groups excluding tert-OH is 1. The molecular formula is C25H26ClN3O8S2. The number of hydrogen-bond donors (Lipinski definition) is 1. The van der Waals surface area contributed by atoms with Crippen LogP contribution in [0.15, 0.2) is 45.9 Å². The lowest BCUT2D eigenvalue weighted by molar-refractivity contribution is -0.112. The number of pyridine rings is 1. The summed E-state index contributed by atoms with van der Waals surface area (Å²) in [5.74, 6) is 1.03. The molecule has 3 aromatic heterocycles. The van der Waals surface area contributed by atoms with Crippen molar-refractivity contribution < 1.29 is 37.0 Å². The first-order valence-corrected chi connectivity index (χ1v) is 14.6. The minimum Gasteiger partial charge on any atom is -0.454 e. The Morgan fingerprint density at radius 1 is 1.26 bits per heavy atom. The second-order valence-corrected chi connectivity index (χ2v) is 11.7. The van der Waals surface area contributed by atoms with Gasteiger partial charge in [0.1, 0.15) is 20.4 Å². The first-order chi connectivity index (χ1) is 18.8. The summed E-state index contributed by atoms with van der Waals surface area (Å²) >= 11 is 7.50. The molecule has 2 atom stereocenters. The number of ether oxygens (including phenoxy) is 4. The quantitative estimate of drug-likeness (QED) is 0.241. The number of methoxy groups -OCH3 is 1. The van der Waals surface area contributed by atoms with Crippen LogP contribution in [0.5, 0.6) is 11.5 Å². The Hall–Kier alpha value is -2.94. The number of aryl methyl sites for hydroxylation is 2. The zero-order valence-corrected chi connectivity index (χ0v) is 23.7. The third kappa shape index (κ3) is 5.17. The number of anilines is 1. The number of fused-ring (bicyclic) bond motifs is 2. The zero-order chi connectivity index (χ0) is 27.7. The van der Waals surface area contributed by atoms with Crippen molar-refractivity contribution in [1.82, 2.24) is 10.1 Å². The lowest BCUT2D eigenvalue weighted by Gasteiger charge is -2.29. The van der Waals surface area contributed by atoms with E-state index in [0.717, 1.165) is 21.2 Å². The van der Waals surface area contributed by atoms with Gasteiger partial charge in [-0.1, -0.05) is 22.8 Å². The smallest absolute Gasteiger partial charge is 0.272 e. The number of aliphatic hydroxyl groups is 1. The van der Waals surface area contributed by atoms with Crippen LogP contribution >= 0.6 is 22.9 Å². The van der Waals surface area contributed by atoms with E-state index < -0.39 is 22.5 Å². The number of nitrogens with zero attached hydrogens (tertiary/aromatic N) is 3. The van der Waals surface area contributed by atoms with Gasteiger partial charge < -0.3 is 28.6 Å². The minimum atomic E-state index is -4.51. The van der Waals surface area contributed by atoms with E-state index in [1.54, 1.807) is 32.2 Å². The molecule has 2 unspecified atom stereocenters. The van der Waals surface area contributed by atoms with Gasteiger partial charge in [-0.05, 0) is 56.5 Å². The summed E-state index contributed by atoms with van der Waals surface area (Å²) in [6.45, 7) is 3.57. The minimum absolute atomic E-state index is 0.0112. The highest BCUT2D eigenvalue weighted by Crippen LogP contribution is 2.43. The number of thiophene rings is 1. The highest BCUT2D eigenvalue weighted by atomic mass is 35.5. The highest BCUT2D eigenvalue weighted by molar-refractivity contribution is 7.93. The van der Waals surface area contributed by atoms with Gasteiger partial charge in [-0.25, -0.2) is 13.4 Å². The third-order valence-corrected chi connectivity index (χ3v) is 9.68. The molecule has 0 fully saturated rings. The second-order valence-electron chi connectivity index (χ2n) is 8.58. The van der Waals surface area contributed by atoms with Crippen LogP contribution in [0.4, 0.5) is 5.88 Å². The topological polar surface area (TPSA) is 133 Å². The molecule has 0 bridgehead atoms. The Morgan fingerprint density at radius 3 is 2.77 bits per heavy atom. The monoisotopic (exact) mass is 595 g/mol. The fourth-order valence-corrected chi connectivity index (χ4v) is 7.74. The Bertz CT molecular complexity index is 1590. The molecular weight excluding hydrogens is 570 g/mol. The van der Waals surface area contributed by atoms with E-state index in [9.17, 15) is 13.5 Å². The van der Waals surface area contributed by atoms with Crippen molar-refractivity contribution in [2.75, 3.05) is 24.8 Å². The van der Waals surface area contributed by atoms with Gasteiger partial charge in [0, 0.05) is 25.3 Å². The third-order valence-electron chi connectivity index (χ3n) is 6.09. The summed E-state index contributed by atoms with van der Waals surface area (Å²) < 4.78 is 56.8. The maximum Gasteiger partial charge on any atom is 0.272 e. The van der Waals surface area contributed by atoms with Crippen LogP contribution in [-0.4, -0.2) is 50.6 Å². The summed E-state index contributed by atoms with van der Waals surface area (Å²) in [6.07, 6.45) is -0.313. The first-order valence-electron chi connectivity index (χ1n) is 12.0. The van der Waals surface area contributed by atoms with Crippen LogP contribution in [0.1, 0.15) is 35.6 Å². The van der Waals surface area contributed by atoms with Gasteiger partial charge in [0.2, 0.25) is 6.79 Å². The molecule has 14 heteroatoms. The summed E-state index contributed by atoms with van der Waals surface area (Å²) in [5.41, 5.74) is 1.20. The molecule has 1 aliphatic rings. The van der Waals surface area contributed by atoms with Crippen molar-refractivity contribution in [1.29, 1.82) is 0 Å². The Kier molecular flexibility index (Phi) is 7.99. The number of halogens is 1. The van der Waals surface area contributed by atoms with E-state index in [2.05, 4.69) is 10.1 Å². The molecule has 5 rings (SSSR count). The molecule has 208 valence electrons. The Balaban J connectivity index is 1.57. The summed E-state index contributed by atoms with van der Waals surface area (Å²) in [7, 11) is -3.21. The molecule has 0 saturated carbocycles. The van der Waals surface area contributed by atoms with Crippen molar-refractivity contribution in [3.8, 4) is 11.5 Å². The fourth-order valence-electron chi connectivity index (χ4n) is 4.22. The largest absolute Gasteiger partial charge is 0.454 e. The van der Waals surface area contributed by atoms with E-state index in [1.807, 2.05) is 18.2 Å². The summed E-state index contributed by atoms with van der Waals surface area (Å²) in [4.78, 5) is 4.86. The lowest BCUT2D eigenvalue weighted by atomic mass is 10.1. The molecule has 1 N–H and O–H groups in total. The van der Waals surface area contributed by atoms with Gasteiger partial charge in [-0.15, -0.1) is 11.3 Å².